The quantitative estimate of drug-likeness (QED) is 0.838. The molecule has 1 atom stereocenters. The molecule has 0 aliphatic carbocycles. The predicted octanol–water partition coefficient (Wildman–Crippen LogP) is 4.18. The third-order valence-corrected chi connectivity index (χ3v) is 6.03. The summed E-state index contributed by atoms with van der Waals surface area (Å²) in [5.41, 5.74) is 8.21. The molecule has 1 aliphatic heterocycles. The lowest BCUT2D eigenvalue weighted by Gasteiger charge is -2.42. The van der Waals surface area contributed by atoms with Gasteiger partial charge in [0, 0.05) is 35.3 Å². The zero-order chi connectivity index (χ0) is 17.9. The summed E-state index contributed by atoms with van der Waals surface area (Å²) >= 11 is 1.79. The molecule has 0 bridgehead atoms. The molecule has 2 aromatic rings. The van der Waals surface area contributed by atoms with Crippen LogP contribution in [0.5, 0.6) is 0 Å². The van der Waals surface area contributed by atoms with Gasteiger partial charge in [-0.05, 0) is 41.7 Å². The highest BCUT2D eigenvalue weighted by Crippen LogP contribution is 2.29. The van der Waals surface area contributed by atoms with Crippen molar-refractivity contribution in [1.29, 1.82) is 0 Å². The Hall–Kier alpha value is -1.78. The van der Waals surface area contributed by atoms with Crippen LogP contribution >= 0.6 is 11.8 Å². The molecule has 132 valence electrons. The molecule has 2 aromatic carbocycles. The Kier molecular flexibility index (Phi) is 5.50. The second-order valence-corrected chi connectivity index (χ2v) is 8.46. The molecular weight excluding hydrogens is 328 g/mol. The highest BCUT2D eigenvalue weighted by Gasteiger charge is 2.35. The predicted molar refractivity (Wildman–Crippen MR) is 105 cm³/mol. The second kappa shape index (κ2) is 7.63. The van der Waals surface area contributed by atoms with Crippen molar-refractivity contribution < 1.29 is 4.79 Å². The number of piperidine rings is 1. The summed E-state index contributed by atoms with van der Waals surface area (Å²) in [6.07, 6.45) is 0.865. The maximum atomic E-state index is 12.8. The van der Waals surface area contributed by atoms with E-state index in [0.717, 1.165) is 30.8 Å². The highest BCUT2D eigenvalue weighted by molar-refractivity contribution is 7.98. The standard InChI is InChI=1S/C21H26N2OS/c1-21(2)15-23(13-12-19(21)22)20(24)17-8-10-18(11-9-17)25-14-16-6-4-3-5-7-16/h3-11,19H,12-15,22H2,1-2H3. The number of carbonyl (C=O) groups is 1. The van der Waals surface area contributed by atoms with Gasteiger partial charge in [0.15, 0.2) is 0 Å². The van der Waals surface area contributed by atoms with Gasteiger partial charge in [0.05, 0.1) is 0 Å². The average molecular weight is 355 g/mol. The molecule has 1 fully saturated rings. The van der Waals surface area contributed by atoms with Crippen molar-refractivity contribution in [2.75, 3.05) is 13.1 Å². The molecule has 1 heterocycles. The van der Waals surface area contributed by atoms with Crippen LogP contribution in [0, 0.1) is 5.41 Å². The van der Waals surface area contributed by atoms with E-state index in [-0.39, 0.29) is 17.4 Å². The van der Waals surface area contributed by atoms with E-state index in [2.05, 4.69) is 38.1 Å². The number of hydrogen-bond acceptors (Lipinski definition) is 3. The van der Waals surface area contributed by atoms with Crippen molar-refractivity contribution in [1.82, 2.24) is 4.90 Å². The van der Waals surface area contributed by atoms with Gasteiger partial charge in [-0.1, -0.05) is 44.2 Å². The van der Waals surface area contributed by atoms with Crippen molar-refractivity contribution in [2.45, 2.75) is 37.0 Å². The Labute approximate surface area is 154 Å². The van der Waals surface area contributed by atoms with Crippen molar-refractivity contribution in [3.63, 3.8) is 0 Å². The number of rotatable bonds is 4. The Morgan fingerprint density at radius 2 is 1.84 bits per heavy atom. The van der Waals surface area contributed by atoms with Gasteiger partial charge in [-0.15, -0.1) is 11.8 Å². The first-order valence-electron chi connectivity index (χ1n) is 8.77. The molecule has 2 N–H and O–H groups in total. The Morgan fingerprint density at radius 1 is 1.16 bits per heavy atom. The minimum Gasteiger partial charge on any atom is -0.338 e. The summed E-state index contributed by atoms with van der Waals surface area (Å²) in [6, 6.07) is 18.5. The fraction of sp³-hybridized carbons (Fsp3) is 0.381. The summed E-state index contributed by atoms with van der Waals surface area (Å²) in [7, 11) is 0. The van der Waals surface area contributed by atoms with Crippen LogP contribution in [0.3, 0.4) is 0 Å². The third kappa shape index (κ3) is 4.44. The molecule has 4 heteroatoms. The monoisotopic (exact) mass is 354 g/mol. The van der Waals surface area contributed by atoms with Gasteiger partial charge in [-0.3, -0.25) is 4.79 Å². The van der Waals surface area contributed by atoms with Crippen molar-refractivity contribution in [2.24, 2.45) is 11.1 Å². The molecular formula is C21H26N2OS. The SMILES string of the molecule is CC1(C)CN(C(=O)c2ccc(SCc3ccccc3)cc2)CCC1N. The first-order chi connectivity index (χ1) is 12.0. The summed E-state index contributed by atoms with van der Waals surface area (Å²) in [4.78, 5) is 15.9. The van der Waals surface area contributed by atoms with E-state index in [9.17, 15) is 4.79 Å². The molecule has 0 saturated carbocycles. The number of benzene rings is 2. The number of hydrogen-bond donors (Lipinski definition) is 1. The smallest absolute Gasteiger partial charge is 0.253 e. The van der Waals surface area contributed by atoms with Gasteiger partial charge in [0.1, 0.15) is 0 Å². The number of carbonyl (C=O) groups excluding carboxylic acids is 1. The van der Waals surface area contributed by atoms with Gasteiger partial charge in [-0.25, -0.2) is 0 Å². The normalized spacial score (nSPS) is 19.6. The number of nitrogens with two attached hydrogens (primary N) is 1. The second-order valence-electron chi connectivity index (χ2n) is 7.41. The molecule has 1 aliphatic rings. The minimum absolute atomic E-state index is 0.0284. The van der Waals surface area contributed by atoms with Crippen LogP contribution in [0.15, 0.2) is 59.5 Å². The van der Waals surface area contributed by atoms with Crippen molar-refractivity contribution in [3.8, 4) is 0 Å². The lowest BCUT2D eigenvalue weighted by molar-refractivity contribution is 0.0533. The summed E-state index contributed by atoms with van der Waals surface area (Å²) in [6.45, 7) is 5.74. The molecule has 3 nitrogen and oxygen atoms in total. The van der Waals surface area contributed by atoms with E-state index in [1.807, 2.05) is 35.2 Å². The van der Waals surface area contributed by atoms with Crippen LogP contribution in [-0.2, 0) is 5.75 Å². The largest absolute Gasteiger partial charge is 0.338 e. The molecule has 1 amide bonds. The van der Waals surface area contributed by atoms with Gasteiger partial charge in [-0.2, -0.15) is 0 Å². The van der Waals surface area contributed by atoms with E-state index < -0.39 is 0 Å². The number of nitrogens with zero attached hydrogens (tertiary/aromatic N) is 1. The topological polar surface area (TPSA) is 46.3 Å². The number of thioether (sulfide) groups is 1. The Balaban J connectivity index is 1.61. The lowest BCUT2D eigenvalue weighted by Crippen LogP contribution is -2.53. The van der Waals surface area contributed by atoms with Crippen LogP contribution in [0.25, 0.3) is 0 Å². The van der Waals surface area contributed by atoms with E-state index in [4.69, 9.17) is 5.73 Å². The fourth-order valence-corrected chi connectivity index (χ4v) is 4.02. The molecule has 1 unspecified atom stereocenters. The summed E-state index contributed by atoms with van der Waals surface area (Å²) in [5.74, 6) is 1.05. The van der Waals surface area contributed by atoms with E-state index in [0.29, 0.717) is 0 Å². The van der Waals surface area contributed by atoms with Crippen LogP contribution in [0.2, 0.25) is 0 Å². The highest BCUT2D eigenvalue weighted by atomic mass is 32.2. The number of likely N-dealkylation sites (tertiary alicyclic amines) is 1. The zero-order valence-electron chi connectivity index (χ0n) is 14.9. The zero-order valence-corrected chi connectivity index (χ0v) is 15.8. The molecule has 3 rings (SSSR count). The van der Waals surface area contributed by atoms with E-state index >= 15 is 0 Å². The van der Waals surface area contributed by atoms with Gasteiger partial charge >= 0.3 is 0 Å². The van der Waals surface area contributed by atoms with Crippen LogP contribution in [-0.4, -0.2) is 29.9 Å². The summed E-state index contributed by atoms with van der Waals surface area (Å²) in [5, 5.41) is 0. The Morgan fingerprint density at radius 3 is 2.48 bits per heavy atom. The van der Waals surface area contributed by atoms with Gasteiger partial charge in [0.25, 0.3) is 5.91 Å². The number of amides is 1. The van der Waals surface area contributed by atoms with Crippen molar-refractivity contribution in [3.05, 3.63) is 65.7 Å². The molecule has 0 spiro atoms. The summed E-state index contributed by atoms with van der Waals surface area (Å²) < 4.78 is 0. The average Bonchev–Trinajstić information content (AvgIpc) is 2.63. The van der Waals surface area contributed by atoms with E-state index in [1.165, 1.54) is 10.5 Å². The molecule has 25 heavy (non-hydrogen) atoms. The molecule has 0 radical (unpaired) electrons. The Bertz CT molecular complexity index is 712. The van der Waals surface area contributed by atoms with Crippen LogP contribution in [0.1, 0.15) is 36.2 Å². The third-order valence-electron chi connectivity index (χ3n) is 4.95. The lowest BCUT2D eigenvalue weighted by atomic mass is 9.79. The van der Waals surface area contributed by atoms with Gasteiger partial charge in [0.2, 0.25) is 0 Å². The maximum Gasteiger partial charge on any atom is 0.253 e. The van der Waals surface area contributed by atoms with Gasteiger partial charge < -0.3 is 10.6 Å². The van der Waals surface area contributed by atoms with Crippen LogP contribution in [0.4, 0.5) is 0 Å². The molecule has 0 aromatic heterocycles. The van der Waals surface area contributed by atoms with E-state index in [1.54, 1.807) is 11.8 Å². The maximum absolute atomic E-state index is 12.8. The fourth-order valence-electron chi connectivity index (χ4n) is 3.16. The first-order valence-corrected chi connectivity index (χ1v) is 9.76. The minimum atomic E-state index is -0.0284. The van der Waals surface area contributed by atoms with Crippen molar-refractivity contribution >= 4 is 17.7 Å². The first kappa shape index (κ1) is 18.0. The van der Waals surface area contributed by atoms with Crippen LogP contribution < -0.4 is 5.73 Å². The molecule has 1 saturated heterocycles.